The van der Waals surface area contributed by atoms with E-state index in [4.69, 9.17) is 9.97 Å². The van der Waals surface area contributed by atoms with E-state index in [1.54, 1.807) is 0 Å². The Morgan fingerprint density at radius 1 is 0.724 bits per heavy atom. The molecule has 3 aromatic rings. The average Bonchev–Trinajstić information content (AvgIpc) is 3.43. The third kappa shape index (κ3) is 3.40. The van der Waals surface area contributed by atoms with E-state index in [1.807, 2.05) is 0 Å². The van der Waals surface area contributed by atoms with Gasteiger partial charge in [-0.3, -0.25) is 0 Å². The predicted octanol–water partition coefficient (Wildman–Crippen LogP) is 5.59. The van der Waals surface area contributed by atoms with Crippen LogP contribution in [0.3, 0.4) is 0 Å². The fourth-order valence-corrected chi connectivity index (χ4v) is 4.13. The summed E-state index contributed by atoms with van der Waals surface area (Å²) in [4.78, 5) is 13.0. The molecule has 0 saturated heterocycles. The molecule has 0 atom stereocenters. The number of hydrogen-bond acceptors (Lipinski definition) is 2. The quantitative estimate of drug-likeness (QED) is 0.249. The van der Waals surface area contributed by atoms with Gasteiger partial charge in [-0.25, -0.2) is 9.97 Å². The van der Waals surface area contributed by atoms with Crippen LogP contribution in [-0.2, 0) is 34.7 Å². The van der Waals surface area contributed by atoms with Gasteiger partial charge in [0.15, 0.2) is 0 Å². The molecule has 0 spiro atoms. The van der Waals surface area contributed by atoms with Crippen molar-refractivity contribution in [1.29, 1.82) is 0 Å². The van der Waals surface area contributed by atoms with Crippen molar-refractivity contribution >= 4 is 46.4 Å². The normalized spacial score (nSPS) is 12.3. The van der Waals surface area contributed by atoms with E-state index in [9.17, 15) is 0 Å². The van der Waals surface area contributed by atoms with Crippen LogP contribution in [0.15, 0.2) is 30.3 Å². The van der Waals surface area contributed by atoms with Gasteiger partial charge in [0.25, 0.3) is 0 Å². The van der Waals surface area contributed by atoms with Crippen LogP contribution in [0.25, 0.3) is 46.4 Å². The number of nitrogens with one attached hydrogen (secondary N) is 1. The molecular weight excluding hydrogens is 545 g/mol. The fraction of sp³-hybridized carbons (Fsp3) is 0.167. The summed E-state index contributed by atoms with van der Waals surface area (Å²) in [5.74, 6) is 0. The first-order valence-corrected chi connectivity index (χ1v) is 9.50. The minimum Gasteiger partial charge on any atom is -0.355 e. The van der Waals surface area contributed by atoms with Crippen LogP contribution < -0.4 is 0 Å². The van der Waals surface area contributed by atoms with Gasteiger partial charge in [-0.05, 0) is 92.1 Å². The number of aryl methyl sites for hydroxylation is 4. The summed E-state index contributed by atoms with van der Waals surface area (Å²) >= 11 is 0. The van der Waals surface area contributed by atoms with Gasteiger partial charge in [0.1, 0.15) is 0 Å². The van der Waals surface area contributed by atoms with Crippen molar-refractivity contribution in [3.05, 3.63) is 69.8 Å². The first-order valence-electron chi connectivity index (χ1n) is 9.50. The molecule has 8 bridgehead atoms. The summed E-state index contributed by atoms with van der Waals surface area (Å²) in [5.41, 5.74) is 12.1. The van der Waals surface area contributed by atoms with Crippen molar-refractivity contribution in [3.63, 3.8) is 0 Å². The summed E-state index contributed by atoms with van der Waals surface area (Å²) in [5, 5.41) is 0. The first-order chi connectivity index (χ1) is 13.5. The summed E-state index contributed by atoms with van der Waals surface area (Å²) in [6.07, 6.45) is 8.31. The second-order valence-electron chi connectivity index (χ2n) is 7.52. The minimum atomic E-state index is 0. The molecule has 0 fully saturated rings. The topological polar surface area (TPSA) is 46.5 Å². The van der Waals surface area contributed by atoms with Crippen molar-refractivity contribution in [3.8, 4) is 0 Å². The first kappa shape index (κ1) is 19.8. The molecule has 140 valence electrons. The summed E-state index contributed by atoms with van der Waals surface area (Å²) in [6, 6.07) is 10.4. The van der Waals surface area contributed by atoms with Crippen LogP contribution >= 0.6 is 0 Å². The number of H-pyrrole nitrogens is 1. The Kier molecular flexibility index (Phi) is 5.07. The van der Waals surface area contributed by atoms with E-state index in [0.717, 1.165) is 33.8 Å². The molecule has 4 nitrogen and oxygen atoms in total. The van der Waals surface area contributed by atoms with Crippen molar-refractivity contribution in [2.75, 3.05) is 0 Å². The fourth-order valence-electron chi connectivity index (χ4n) is 4.13. The third-order valence-corrected chi connectivity index (χ3v) is 5.71. The standard InChI is InChI=1S/C24H22N4.Hg/c1-14-15(2)24-16(3)22-10-9-20(27-22)12-19-6-5-17(25-19)11-18-7-8-21(26-18)13-23(14)28(24)4;/h5-13,25H,1-4H3;. The molecule has 5 heteroatoms. The third-order valence-electron chi connectivity index (χ3n) is 5.71. The van der Waals surface area contributed by atoms with E-state index >= 15 is 0 Å². The summed E-state index contributed by atoms with van der Waals surface area (Å²) < 4.78 is 2.26. The molecule has 0 amide bonds. The Hall–Kier alpha value is -2.46. The Morgan fingerprint density at radius 2 is 1.31 bits per heavy atom. The molecule has 2 aliphatic heterocycles. The van der Waals surface area contributed by atoms with Crippen molar-refractivity contribution in [1.82, 2.24) is 19.5 Å². The van der Waals surface area contributed by atoms with Crippen LogP contribution in [0.5, 0.6) is 0 Å². The molecule has 0 saturated carbocycles. The maximum absolute atomic E-state index is 4.85. The summed E-state index contributed by atoms with van der Waals surface area (Å²) in [6.45, 7) is 6.52. The van der Waals surface area contributed by atoms with Crippen molar-refractivity contribution in [2.45, 2.75) is 20.8 Å². The Bertz CT molecular complexity index is 1350. The second-order valence-corrected chi connectivity index (χ2v) is 7.52. The SMILES string of the molecule is Cc1c(C)c2c(C)c3nc(cc4ccc(cc5nc(cc1n2C)C=C5)[nH]4)C=C3.[Hg]. The van der Waals surface area contributed by atoms with Gasteiger partial charge >= 0.3 is 0 Å². The molecule has 0 aromatic carbocycles. The maximum Gasteiger partial charge on any atom is 0.0687 e. The van der Waals surface area contributed by atoms with Crippen LogP contribution in [-0.4, -0.2) is 19.5 Å². The number of rotatable bonds is 0. The van der Waals surface area contributed by atoms with Gasteiger partial charge in [-0.2, -0.15) is 0 Å². The second kappa shape index (κ2) is 7.41. The zero-order valence-corrected chi connectivity index (χ0v) is 22.7. The van der Waals surface area contributed by atoms with Gasteiger partial charge in [0.2, 0.25) is 0 Å². The molecular formula is C24H22HgN4. The van der Waals surface area contributed by atoms with E-state index in [0.29, 0.717) is 0 Å². The number of aromatic amines is 1. The maximum atomic E-state index is 4.85. The number of nitrogens with zero attached hydrogens (tertiary/aromatic N) is 3. The molecule has 5 heterocycles. The van der Waals surface area contributed by atoms with Crippen LogP contribution in [0.4, 0.5) is 0 Å². The number of aromatic nitrogens is 4. The Balaban J connectivity index is 0.00000205. The van der Waals surface area contributed by atoms with Gasteiger partial charge in [0.05, 0.1) is 22.8 Å². The zero-order valence-electron chi connectivity index (χ0n) is 17.2. The van der Waals surface area contributed by atoms with Gasteiger partial charge < -0.3 is 9.55 Å². The van der Waals surface area contributed by atoms with E-state index < -0.39 is 0 Å². The monoisotopic (exact) mass is 568 g/mol. The molecule has 3 aromatic heterocycles. The van der Waals surface area contributed by atoms with Crippen LogP contribution in [0.1, 0.15) is 39.5 Å². The number of hydrogen-bond donors (Lipinski definition) is 1. The largest absolute Gasteiger partial charge is 0.355 e. The molecule has 0 radical (unpaired) electrons. The predicted molar refractivity (Wildman–Crippen MR) is 118 cm³/mol. The Labute approximate surface area is 190 Å². The van der Waals surface area contributed by atoms with Gasteiger partial charge in [0, 0.05) is 56.8 Å². The Morgan fingerprint density at radius 3 is 2.00 bits per heavy atom. The minimum absolute atomic E-state index is 0. The summed E-state index contributed by atoms with van der Waals surface area (Å²) in [7, 11) is 2.12. The molecule has 0 aliphatic carbocycles. The molecule has 0 unspecified atom stereocenters. The smallest absolute Gasteiger partial charge is 0.0687 e. The van der Waals surface area contributed by atoms with E-state index in [2.05, 4.69) is 92.0 Å². The van der Waals surface area contributed by atoms with Crippen molar-refractivity contribution < 1.29 is 27.7 Å². The van der Waals surface area contributed by atoms with Crippen LogP contribution in [0.2, 0.25) is 0 Å². The van der Waals surface area contributed by atoms with E-state index in [-0.39, 0.29) is 27.7 Å². The average molecular weight is 567 g/mol. The molecule has 2 aliphatic rings. The van der Waals surface area contributed by atoms with Crippen LogP contribution in [0, 0.1) is 20.8 Å². The number of fused-ring (bicyclic) bond motifs is 8. The van der Waals surface area contributed by atoms with Gasteiger partial charge in [-0.15, -0.1) is 0 Å². The zero-order chi connectivity index (χ0) is 19.4. The molecule has 29 heavy (non-hydrogen) atoms. The molecule has 5 rings (SSSR count). The van der Waals surface area contributed by atoms with Gasteiger partial charge in [-0.1, -0.05) is 0 Å². The van der Waals surface area contributed by atoms with Crippen molar-refractivity contribution in [2.24, 2.45) is 7.05 Å². The molecule has 1 N–H and O–H groups in total. The van der Waals surface area contributed by atoms with E-state index in [1.165, 1.54) is 27.7 Å².